The molecule has 0 amide bonds. The number of nitrogens with zero attached hydrogens (tertiary/aromatic N) is 5. The van der Waals surface area contributed by atoms with Crippen molar-refractivity contribution in [2.24, 2.45) is 0 Å². The smallest absolute Gasteiger partial charge is 0.339 e. The van der Waals surface area contributed by atoms with Crippen LogP contribution in [0.1, 0.15) is 53.0 Å². The van der Waals surface area contributed by atoms with Crippen LogP contribution >= 0.6 is 0 Å². The number of hydrogen-bond donors (Lipinski definition) is 0. The molecule has 0 saturated heterocycles. The number of hydrogen-bond acceptors (Lipinski definition) is 4. The van der Waals surface area contributed by atoms with Crippen LogP contribution in [0.4, 0.5) is 0 Å². The number of aryl methyl sites for hydroxylation is 6. The topological polar surface area (TPSA) is 56.0 Å². The average molecular weight is 1090 g/mol. The van der Waals surface area contributed by atoms with E-state index < -0.39 is 50.7 Å². The van der Waals surface area contributed by atoms with Gasteiger partial charge in [-0.2, -0.15) is 0 Å². The van der Waals surface area contributed by atoms with Crippen LogP contribution in [0.5, 0.6) is 0 Å². The number of rotatable bonds is 11. The van der Waals surface area contributed by atoms with Crippen molar-refractivity contribution in [3.05, 3.63) is 246 Å². The Morgan fingerprint density at radius 3 is 1.76 bits per heavy atom. The molecule has 12 aromatic rings. The number of aromatic nitrogens is 5. The molecule has 0 spiro atoms. The van der Waals surface area contributed by atoms with Gasteiger partial charge in [0.25, 0.3) is 0 Å². The SMILES string of the molecule is [2H]C([2H])([2H])c1nc(C([2H])([2H])[2H])n2c3cc(-c4ccccc4-c4cc(C([2H])([2H])C([2H])([2H])c5c[c-]c(-c6ccccn6)cc5)cc(C([2H])([2H])C([2H])([2H])c5c[c-]c(-c6ccccn6)cc5)c4)c[c-]c3c3nc4ccccc4c(-c4ccccc4)c3c12.[Ir+3]. The maximum absolute atomic E-state index is 9.73. The molecule has 0 saturated carbocycles. The van der Waals surface area contributed by atoms with Gasteiger partial charge in [0.2, 0.25) is 0 Å². The Morgan fingerprint density at radius 1 is 0.529 bits per heavy atom. The largest absolute Gasteiger partial charge is 3.00 e. The molecule has 336 valence electrons. The van der Waals surface area contributed by atoms with Gasteiger partial charge in [0.05, 0.1) is 16.7 Å². The summed E-state index contributed by atoms with van der Waals surface area (Å²) in [6.45, 7) is -5.85. The van der Waals surface area contributed by atoms with Gasteiger partial charge in [-0.3, -0.25) is 4.98 Å². The molecule has 5 heterocycles. The van der Waals surface area contributed by atoms with Gasteiger partial charge in [0, 0.05) is 42.5 Å². The molecular weight excluding hydrogens is 1030 g/mol. The van der Waals surface area contributed by atoms with Crippen LogP contribution in [-0.4, -0.2) is 24.3 Å². The molecule has 0 aliphatic rings. The van der Waals surface area contributed by atoms with E-state index in [1.54, 1.807) is 97.3 Å². The summed E-state index contributed by atoms with van der Waals surface area (Å²) in [5.41, 5.74) is 4.95. The zero-order valence-corrected chi connectivity index (χ0v) is 39.4. The van der Waals surface area contributed by atoms with Gasteiger partial charge in [-0.15, -0.1) is 94.4 Å². The fraction of sp³-hybridized carbons (Fsp3) is 0.0938. The number of pyridine rings is 4. The molecule has 12 rings (SSSR count). The average Bonchev–Trinajstić information content (AvgIpc) is 1.48. The predicted octanol–water partition coefficient (Wildman–Crippen LogP) is 14.9. The Bertz CT molecular complexity index is 4330. The zero-order chi connectivity index (χ0) is 58.4. The van der Waals surface area contributed by atoms with E-state index in [0.29, 0.717) is 72.0 Å². The maximum Gasteiger partial charge on any atom is 3.00 e. The van der Waals surface area contributed by atoms with Crippen molar-refractivity contribution in [2.45, 2.75) is 39.2 Å². The number of benzene rings is 7. The van der Waals surface area contributed by atoms with Gasteiger partial charge in [-0.25, -0.2) is 4.98 Å². The molecule has 70 heavy (non-hydrogen) atoms. The Balaban J connectivity index is 0.00000736. The fourth-order valence-corrected chi connectivity index (χ4v) is 8.99. The molecule has 0 aliphatic heterocycles. The number of fused-ring (bicyclic) bond motifs is 7. The van der Waals surface area contributed by atoms with Crippen LogP contribution in [0.3, 0.4) is 0 Å². The molecule has 0 aliphatic carbocycles. The molecule has 5 nitrogen and oxygen atoms in total. The van der Waals surface area contributed by atoms with E-state index in [2.05, 4.69) is 33.2 Å². The summed E-state index contributed by atoms with van der Waals surface area (Å²) in [7, 11) is 0. The van der Waals surface area contributed by atoms with Crippen LogP contribution in [-0.2, 0) is 45.6 Å². The molecule has 0 unspecified atom stereocenters. The third kappa shape index (κ3) is 8.51. The van der Waals surface area contributed by atoms with Gasteiger partial charge >= 0.3 is 20.1 Å². The predicted molar refractivity (Wildman–Crippen MR) is 282 cm³/mol. The van der Waals surface area contributed by atoms with Crippen LogP contribution < -0.4 is 0 Å². The number of para-hydroxylation sites is 1. The van der Waals surface area contributed by atoms with E-state index in [9.17, 15) is 11.0 Å². The molecule has 6 heteroatoms. The molecule has 0 radical (unpaired) electrons. The summed E-state index contributed by atoms with van der Waals surface area (Å²) >= 11 is 0. The first-order valence-corrected chi connectivity index (χ1v) is 22.3. The first kappa shape index (κ1) is 31.3. The number of imidazole rings is 1. The maximum atomic E-state index is 9.73. The monoisotopic (exact) mass is 1090 g/mol. The fourth-order valence-electron chi connectivity index (χ4n) is 8.99. The molecule has 0 bridgehead atoms. The minimum atomic E-state index is -2.94. The van der Waals surface area contributed by atoms with Crippen molar-refractivity contribution in [1.82, 2.24) is 24.3 Å². The van der Waals surface area contributed by atoms with Gasteiger partial charge < -0.3 is 14.4 Å². The van der Waals surface area contributed by atoms with Gasteiger partial charge in [-0.1, -0.05) is 139 Å². The minimum absolute atomic E-state index is 0. The van der Waals surface area contributed by atoms with Gasteiger partial charge in [0.15, 0.2) is 0 Å². The molecular formula is C64H46IrN5. The summed E-state index contributed by atoms with van der Waals surface area (Å²) in [5.74, 6) is -0.505. The van der Waals surface area contributed by atoms with Crippen molar-refractivity contribution < 1.29 is 39.3 Å². The Hall–Kier alpha value is -7.89. The third-order valence-corrected chi connectivity index (χ3v) is 12.2. The van der Waals surface area contributed by atoms with Crippen LogP contribution in [0, 0.1) is 31.9 Å². The molecule has 0 N–H and O–H groups in total. The summed E-state index contributed by atoms with van der Waals surface area (Å²) in [4.78, 5) is 18.3. The second kappa shape index (κ2) is 19.2. The van der Waals surface area contributed by atoms with E-state index >= 15 is 0 Å². The third-order valence-electron chi connectivity index (χ3n) is 12.2. The van der Waals surface area contributed by atoms with Crippen LogP contribution in [0.25, 0.3) is 94.1 Å². The summed E-state index contributed by atoms with van der Waals surface area (Å²) in [5, 5.41) is 1.40. The first-order chi connectivity index (χ1) is 39.5. The molecule has 7 aromatic carbocycles. The van der Waals surface area contributed by atoms with Crippen molar-refractivity contribution in [3.63, 3.8) is 0 Å². The van der Waals surface area contributed by atoms with E-state index in [0.717, 1.165) is 5.56 Å². The van der Waals surface area contributed by atoms with Gasteiger partial charge in [0.1, 0.15) is 5.82 Å². The molecule has 0 fully saturated rings. The van der Waals surface area contributed by atoms with Crippen LogP contribution in [0.2, 0.25) is 0 Å². The van der Waals surface area contributed by atoms with Crippen molar-refractivity contribution in [2.75, 3.05) is 0 Å². The summed E-state index contributed by atoms with van der Waals surface area (Å²) in [6.07, 6.45) is -8.24. The van der Waals surface area contributed by atoms with E-state index in [1.807, 2.05) is 54.6 Å². The standard InChI is InChI=1S/C64H46N5.Ir/c1-42-64-62-61(50-14-4-3-5-15-50)55-18-8-9-21-59(55)68-63(62)56-35-34-51(41-60(56)69(64)43(2)67-42)53-16-6-7-17-54(53)52-39-46(24-22-44-26-30-48(31-27-44)57-19-10-12-36-65-57)38-47(40-52)25-23-45-28-32-49(33-29-45)58-20-11-13-37-66-58;/h3-21,26-30,32,34,36-41H,22-25H2,1-2H3;/q-3;+3/i1D3,2D3,22D2,23D2,24D2,25D2;. The van der Waals surface area contributed by atoms with Gasteiger partial charge in [-0.05, 0) is 100 Å². The second-order valence-electron chi connectivity index (χ2n) is 16.5. The van der Waals surface area contributed by atoms with E-state index in [4.69, 9.17) is 13.2 Å². The first-order valence-electron chi connectivity index (χ1n) is 29.3. The molecule has 0 atom stereocenters. The van der Waals surface area contributed by atoms with Crippen LogP contribution in [0.15, 0.2) is 194 Å². The zero-order valence-electron chi connectivity index (χ0n) is 51.0. The van der Waals surface area contributed by atoms with Crippen molar-refractivity contribution >= 4 is 38.2 Å². The van der Waals surface area contributed by atoms with Crippen molar-refractivity contribution in [1.29, 1.82) is 0 Å². The second-order valence-corrected chi connectivity index (χ2v) is 16.5. The Labute approximate surface area is 441 Å². The Kier molecular flexibility index (Phi) is 8.60. The summed E-state index contributed by atoms with van der Waals surface area (Å²) in [6, 6.07) is 60.1. The molecule has 5 aromatic heterocycles. The summed E-state index contributed by atoms with van der Waals surface area (Å²) < 4.78 is 131. The Morgan fingerprint density at radius 2 is 1.14 bits per heavy atom. The van der Waals surface area contributed by atoms with E-state index in [-0.39, 0.29) is 59.0 Å². The van der Waals surface area contributed by atoms with E-state index in [1.165, 1.54) is 46.9 Å². The van der Waals surface area contributed by atoms with Crippen molar-refractivity contribution in [3.8, 4) is 55.9 Å². The normalized spacial score (nSPS) is 15.5. The minimum Gasteiger partial charge on any atom is -0.339 e. The quantitative estimate of drug-likeness (QED) is 0.0736.